The SMILES string of the molecule is C=CCC1(c2nnc(-c3ncccc3Nc3ccc(C(F)(F)F)cc3)o2)CCNC1=O. The number of carbonyl (C=O) groups excluding carboxylic acids is 1. The lowest BCUT2D eigenvalue weighted by Gasteiger charge is -2.19. The minimum absolute atomic E-state index is 0.0909. The molecule has 160 valence electrons. The van der Waals surface area contributed by atoms with Gasteiger partial charge in [0.2, 0.25) is 11.8 Å². The van der Waals surface area contributed by atoms with Gasteiger partial charge in [-0.15, -0.1) is 16.8 Å². The quantitative estimate of drug-likeness (QED) is 0.570. The van der Waals surface area contributed by atoms with Crippen LogP contribution >= 0.6 is 0 Å². The van der Waals surface area contributed by atoms with Gasteiger partial charge in [0, 0.05) is 18.4 Å². The van der Waals surface area contributed by atoms with Gasteiger partial charge in [-0.3, -0.25) is 4.79 Å². The Labute approximate surface area is 175 Å². The van der Waals surface area contributed by atoms with E-state index in [-0.39, 0.29) is 17.7 Å². The maximum atomic E-state index is 12.8. The van der Waals surface area contributed by atoms with Crippen LogP contribution in [0, 0.1) is 0 Å². The van der Waals surface area contributed by atoms with Crippen LogP contribution in [0.2, 0.25) is 0 Å². The summed E-state index contributed by atoms with van der Waals surface area (Å²) in [6.45, 7) is 4.21. The van der Waals surface area contributed by atoms with Gasteiger partial charge in [-0.05, 0) is 49.2 Å². The first kappa shape index (κ1) is 20.6. The molecule has 0 bridgehead atoms. The molecule has 1 aromatic carbocycles. The van der Waals surface area contributed by atoms with Gasteiger partial charge >= 0.3 is 6.18 Å². The smallest absolute Gasteiger partial charge is 0.416 e. The molecule has 10 heteroatoms. The molecule has 1 fully saturated rings. The fraction of sp³-hybridized carbons (Fsp3) is 0.238. The number of nitrogens with zero attached hydrogens (tertiary/aromatic N) is 3. The first-order valence-corrected chi connectivity index (χ1v) is 9.46. The number of pyridine rings is 1. The van der Waals surface area contributed by atoms with Crippen molar-refractivity contribution in [3.63, 3.8) is 0 Å². The summed E-state index contributed by atoms with van der Waals surface area (Å²) < 4.78 is 44.2. The van der Waals surface area contributed by atoms with Crippen molar-refractivity contribution in [3.05, 3.63) is 66.7 Å². The number of carbonyl (C=O) groups is 1. The number of hydrogen-bond acceptors (Lipinski definition) is 6. The number of nitrogens with one attached hydrogen (secondary N) is 2. The molecule has 3 heterocycles. The second kappa shape index (κ2) is 7.86. The van der Waals surface area contributed by atoms with E-state index >= 15 is 0 Å². The zero-order valence-corrected chi connectivity index (χ0v) is 16.2. The van der Waals surface area contributed by atoms with Crippen LogP contribution in [0.4, 0.5) is 24.5 Å². The van der Waals surface area contributed by atoms with Gasteiger partial charge in [-0.2, -0.15) is 13.2 Å². The van der Waals surface area contributed by atoms with E-state index in [0.29, 0.717) is 36.5 Å². The number of rotatable bonds is 6. The van der Waals surface area contributed by atoms with Crippen LogP contribution in [0.15, 0.2) is 59.7 Å². The summed E-state index contributed by atoms with van der Waals surface area (Å²) in [6, 6.07) is 7.96. The predicted octanol–water partition coefficient (Wildman–Crippen LogP) is 4.23. The van der Waals surface area contributed by atoms with E-state index in [1.807, 2.05) is 0 Å². The van der Waals surface area contributed by atoms with Crippen molar-refractivity contribution in [2.75, 3.05) is 11.9 Å². The molecule has 0 spiro atoms. The van der Waals surface area contributed by atoms with Gasteiger partial charge in [-0.25, -0.2) is 4.98 Å². The van der Waals surface area contributed by atoms with Crippen molar-refractivity contribution in [3.8, 4) is 11.6 Å². The molecule has 1 atom stereocenters. The fourth-order valence-corrected chi connectivity index (χ4v) is 3.49. The van der Waals surface area contributed by atoms with E-state index in [2.05, 4.69) is 32.4 Å². The molecule has 4 rings (SSSR count). The number of anilines is 2. The molecule has 1 saturated heterocycles. The third kappa shape index (κ3) is 3.88. The standard InChI is InChI=1S/C21H18F3N5O2/c1-2-9-20(10-12-26-18(20)30)19-29-28-17(31-19)16-15(4-3-11-25-16)27-14-7-5-13(6-8-14)21(22,23)24/h2-8,11,27H,1,9-10,12H2,(H,26,30). The zero-order valence-electron chi connectivity index (χ0n) is 16.2. The molecule has 1 amide bonds. The fourth-order valence-electron chi connectivity index (χ4n) is 3.49. The summed E-state index contributed by atoms with van der Waals surface area (Å²) in [5, 5.41) is 13.9. The molecule has 1 aliphatic rings. The number of halogens is 3. The number of allylic oxidation sites excluding steroid dienone is 1. The van der Waals surface area contributed by atoms with Crippen LogP contribution in [0.1, 0.15) is 24.3 Å². The summed E-state index contributed by atoms with van der Waals surface area (Å²) >= 11 is 0. The maximum absolute atomic E-state index is 12.8. The van der Waals surface area contributed by atoms with Crippen LogP contribution in [-0.2, 0) is 16.4 Å². The van der Waals surface area contributed by atoms with Gasteiger partial charge in [0.05, 0.1) is 11.3 Å². The third-order valence-corrected chi connectivity index (χ3v) is 5.10. The van der Waals surface area contributed by atoms with Gasteiger partial charge in [0.1, 0.15) is 5.41 Å². The maximum Gasteiger partial charge on any atom is 0.416 e. The Morgan fingerprint density at radius 3 is 2.65 bits per heavy atom. The minimum Gasteiger partial charge on any atom is -0.418 e. The van der Waals surface area contributed by atoms with E-state index in [1.54, 1.807) is 18.2 Å². The summed E-state index contributed by atoms with van der Waals surface area (Å²) in [4.78, 5) is 16.7. The van der Waals surface area contributed by atoms with Crippen molar-refractivity contribution >= 4 is 17.3 Å². The highest BCUT2D eigenvalue weighted by Gasteiger charge is 2.47. The van der Waals surface area contributed by atoms with Gasteiger partial charge < -0.3 is 15.1 Å². The highest BCUT2D eigenvalue weighted by atomic mass is 19.4. The minimum atomic E-state index is -4.41. The normalized spacial score (nSPS) is 18.6. The van der Waals surface area contributed by atoms with Crippen molar-refractivity contribution in [2.45, 2.75) is 24.4 Å². The molecule has 3 aromatic rings. The molecule has 2 N–H and O–H groups in total. The Balaban J connectivity index is 1.64. The number of amides is 1. The van der Waals surface area contributed by atoms with E-state index in [9.17, 15) is 18.0 Å². The predicted molar refractivity (Wildman–Crippen MR) is 106 cm³/mol. The molecule has 2 aromatic heterocycles. The third-order valence-electron chi connectivity index (χ3n) is 5.10. The van der Waals surface area contributed by atoms with E-state index in [4.69, 9.17) is 4.42 Å². The average molecular weight is 429 g/mol. The van der Waals surface area contributed by atoms with E-state index in [0.717, 1.165) is 12.1 Å². The van der Waals surface area contributed by atoms with Crippen LogP contribution in [0.25, 0.3) is 11.6 Å². The molecule has 7 nitrogen and oxygen atoms in total. The highest BCUT2D eigenvalue weighted by Crippen LogP contribution is 2.37. The first-order chi connectivity index (χ1) is 14.8. The number of hydrogen-bond donors (Lipinski definition) is 2. The van der Waals surface area contributed by atoms with Crippen LogP contribution in [0.3, 0.4) is 0 Å². The summed E-state index contributed by atoms with van der Waals surface area (Å²) in [5.41, 5.74) is -0.504. The molecular formula is C21H18F3N5O2. The summed E-state index contributed by atoms with van der Waals surface area (Å²) in [5.74, 6) is 0.0587. The van der Waals surface area contributed by atoms with Gasteiger partial charge in [-0.1, -0.05) is 6.08 Å². The molecule has 0 aliphatic carbocycles. The van der Waals surface area contributed by atoms with Crippen molar-refractivity contribution in [1.82, 2.24) is 20.5 Å². The molecule has 31 heavy (non-hydrogen) atoms. The Morgan fingerprint density at radius 2 is 2.00 bits per heavy atom. The lowest BCUT2D eigenvalue weighted by atomic mass is 9.83. The topological polar surface area (TPSA) is 92.9 Å². The van der Waals surface area contributed by atoms with Gasteiger partial charge in [0.25, 0.3) is 5.89 Å². The Bertz CT molecular complexity index is 1110. The van der Waals surface area contributed by atoms with Crippen LogP contribution in [0.5, 0.6) is 0 Å². The number of alkyl halides is 3. The van der Waals surface area contributed by atoms with E-state index < -0.39 is 17.2 Å². The largest absolute Gasteiger partial charge is 0.418 e. The Kier molecular flexibility index (Phi) is 5.22. The van der Waals surface area contributed by atoms with Gasteiger partial charge in [0.15, 0.2) is 5.69 Å². The number of aromatic nitrogens is 3. The summed E-state index contributed by atoms with van der Waals surface area (Å²) in [7, 11) is 0. The van der Waals surface area contributed by atoms with Crippen LogP contribution in [-0.4, -0.2) is 27.6 Å². The van der Waals surface area contributed by atoms with Crippen molar-refractivity contribution < 1.29 is 22.4 Å². The van der Waals surface area contributed by atoms with Crippen molar-refractivity contribution in [1.29, 1.82) is 0 Å². The van der Waals surface area contributed by atoms with Crippen LogP contribution < -0.4 is 10.6 Å². The van der Waals surface area contributed by atoms with E-state index in [1.165, 1.54) is 18.3 Å². The number of benzene rings is 1. The Hall–Kier alpha value is -3.69. The molecule has 0 saturated carbocycles. The second-order valence-corrected chi connectivity index (χ2v) is 7.09. The second-order valence-electron chi connectivity index (χ2n) is 7.09. The van der Waals surface area contributed by atoms with Crippen molar-refractivity contribution in [2.24, 2.45) is 0 Å². The monoisotopic (exact) mass is 429 g/mol. The first-order valence-electron chi connectivity index (χ1n) is 9.46. The highest BCUT2D eigenvalue weighted by molar-refractivity contribution is 5.89. The average Bonchev–Trinajstić information content (AvgIpc) is 3.37. The molecular weight excluding hydrogens is 411 g/mol. The molecule has 0 radical (unpaired) electrons. The zero-order chi connectivity index (χ0) is 22.1. The molecule has 1 unspecified atom stereocenters. The lowest BCUT2D eigenvalue weighted by molar-refractivity contribution is -0.137. The Morgan fingerprint density at radius 1 is 1.23 bits per heavy atom. The lowest BCUT2D eigenvalue weighted by Crippen LogP contribution is -2.35. The summed E-state index contributed by atoms with van der Waals surface area (Å²) in [6.07, 6.45) is -0.407. The molecule has 1 aliphatic heterocycles.